The van der Waals surface area contributed by atoms with E-state index in [4.69, 9.17) is 10.00 Å². The minimum atomic E-state index is -1.10. The van der Waals surface area contributed by atoms with Gasteiger partial charge in [-0.1, -0.05) is 0 Å². The SMILES string of the molecule is Cc1csc([C@@H](C#N)C(=O)COC(=O)Cn2nc(C)c([N+](=O)[O-])c2C)n1. The Bertz CT molecular complexity index is 910. The highest BCUT2D eigenvalue weighted by Gasteiger charge is 2.26. The van der Waals surface area contributed by atoms with Gasteiger partial charge in [-0.05, 0) is 20.8 Å². The summed E-state index contributed by atoms with van der Waals surface area (Å²) < 4.78 is 6.04. The Morgan fingerprint density at radius 1 is 1.46 bits per heavy atom. The summed E-state index contributed by atoms with van der Waals surface area (Å²) in [5.41, 5.74) is 0.919. The monoisotopic (exact) mass is 377 g/mol. The third kappa shape index (κ3) is 4.09. The maximum atomic E-state index is 12.1. The molecule has 10 nitrogen and oxygen atoms in total. The molecule has 0 saturated carbocycles. The first kappa shape index (κ1) is 19.2. The number of nitriles is 1. The van der Waals surface area contributed by atoms with Gasteiger partial charge in [0.2, 0.25) is 0 Å². The molecular formula is C15H15N5O5S. The molecule has 136 valence electrons. The largest absolute Gasteiger partial charge is 0.456 e. The normalized spacial score (nSPS) is 11.6. The number of hydrogen-bond acceptors (Lipinski definition) is 9. The van der Waals surface area contributed by atoms with Crippen molar-refractivity contribution in [3.05, 3.63) is 37.6 Å². The van der Waals surface area contributed by atoms with Gasteiger partial charge in [0.1, 0.15) is 22.9 Å². The molecule has 2 aromatic rings. The van der Waals surface area contributed by atoms with Gasteiger partial charge in [-0.3, -0.25) is 24.4 Å². The van der Waals surface area contributed by atoms with E-state index < -0.39 is 29.2 Å². The lowest BCUT2D eigenvalue weighted by molar-refractivity contribution is -0.386. The Kier molecular flexibility index (Phi) is 5.78. The topological polar surface area (TPSA) is 141 Å². The summed E-state index contributed by atoms with van der Waals surface area (Å²) in [6, 6.07) is 1.85. The van der Waals surface area contributed by atoms with Gasteiger partial charge in [0.05, 0.1) is 11.0 Å². The number of ketones is 1. The molecule has 0 radical (unpaired) electrons. The lowest BCUT2D eigenvalue weighted by Gasteiger charge is -2.07. The predicted molar refractivity (Wildman–Crippen MR) is 89.5 cm³/mol. The van der Waals surface area contributed by atoms with Gasteiger partial charge in [0.25, 0.3) is 0 Å². The zero-order valence-electron chi connectivity index (χ0n) is 14.3. The lowest BCUT2D eigenvalue weighted by Crippen LogP contribution is -2.22. The van der Waals surface area contributed by atoms with Gasteiger partial charge in [-0.2, -0.15) is 10.4 Å². The van der Waals surface area contributed by atoms with E-state index in [0.717, 1.165) is 4.68 Å². The van der Waals surface area contributed by atoms with E-state index in [-0.39, 0.29) is 23.6 Å². The molecule has 0 spiro atoms. The molecule has 0 aliphatic rings. The summed E-state index contributed by atoms with van der Waals surface area (Å²) in [5.74, 6) is -2.48. The molecule has 0 unspecified atom stereocenters. The molecule has 0 N–H and O–H groups in total. The summed E-state index contributed by atoms with van der Waals surface area (Å²) in [6.45, 7) is 3.71. The summed E-state index contributed by atoms with van der Waals surface area (Å²) in [4.78, 5) is 38.5. The van der Waals surface area contributed by atoms with Crippen molar-refractivity contribution in [2.75, 3.05) is 6.61 Å². The van der Waals surface area contributed by atoms with E-state index in [1.54, 1.807) is 12.3 Å². The molecule has 0 saturated heterocycles. The van der Waals surface area contributed by atoms with Gasteiger partial charge in [0, 0.05) is 11.1 Å². The molecular weight excluding hydrogens is 362 g/mol. The average Bonchev–Trinajstić information content (AvgIpc) is 3.09. The molecule has 2 rings (SSSR count). The van der Waals surface area contributed by atoms with Crippen LogP contribution in [0.5, 0.6) is 0 Å². The number of carbonyl (C=O) groups excluding carboxylic acids is 2. The molecule has 26 heavy (non-hydrogen) atoms. The third-order valence-corrected chi connectivity index (χ3v) is 4.54. The van der Waals surface area contributed by atoms with E-state index in [0.29, 0.717) is 10.7 Å². The minimum Gasteiger partial charge on any atom is -0.456 e. The number of hydrogen-bond donors (Lipinski definition) is 0. The van der Waals surface area contributed by atoms with E-state index >= 15 is 0 Å². The van der Waals surface area contributed by atoms with Gasteiger partial charge in [-0.25, -0.2) is 4.98 Å². The van der Waals surface area contributed by atoms with E-state index in [1.165, 1.54) is 25.2 Å². The van der Waals surface area contributed by atoms with Gasteiger partial charge in [-0.15, -0.1) is 11.3 Å². The van der Waals surface area contributed by atoms with Gasteiger partial charge in [0.15, 0.2) is 18.3 Å². The number of carbonyl (C=O) groups is 2. The first-order chi connectivity index (χ1) is 12.2. The maximum absolute atomic E-state index is 12.1. The molecule has 2 heterocycles. The highest BCUT2D eigenvalue weighted by molar-refractivity contribution is 7.09. The number of aromatic nitrogens is 3. The fourth-order valence-corrected chi connectivity index (χ4v) is 3.14. The Morgan fingerprint density at radius 3 is 2.65 bits per heavy atom. The highest BCUT2D eigenvalue weighted by atomic mass is 32.1. The molecule has 0 fully saturated rings. The minimum absolute atomic E-state index is 0.169. The van der Waals surface area contributed by atoms with Crippen molar-refractivity contribution < 1.29 is 19.2 Å². The van der Waals surface area contributed by atoms with Crippen LogP contribution >= 0.6 is 11.3 Å². The first-order valence-electron chi connectivity index (χ1n) is 7.43. The van der Waals surface area contributed by atoms with Crippen LogP contribution < -0.4 is 0 Å². The molecule has 0 amide bonds. The fraction of sp³-hybridized carbons (Fsp3) is 0.400. The number of nitrogens with zero attached hydrogens (tertiary/aromatic N) is 5. The van der Waals surface area contributed by atoms with Gasteiger partial charge < -0.3 is 4.74 Å². The molecule has 1 atom stereocenters. The van der Waals surface area contributed by atoms with Crippen LogP contribution in [0.4, 0.5) is 5.69 Å². The molecule has 0 aliphatic carbocycles. The Labute approximate surface area is 152 Å². The second-order valence-corrected chi connectivity index (χ2v) is 6.34. The van der Waals surface area contributed by atoms with E-state index in [9.17, 15) is 19.7 Å². The van der Waals surface area contributed by atoms with Crippen LogP contribution in [0.15, 0.2) is 5.38 Å². The van der Waals surface area contributed by atoms with Crippen molar-refractivity contribution in [1.29, 1.82) is 5.26 Å². The van der Waals surface area contributed by atoms with Gasteiger partial charge >= 0.3 is 11.7 Å². The molecule has 11 heteroatoms. The number of thiazole rings is 1. The van der Waals surface area contributed by atoms with Crippen LogP contribution in [-0.2, 0) is 20.9 Å². The summed E-state index contributed by atoms with van der Waals surface area (Å²) >= 11 is 1.18. The highest BCUT2D eigenvalue weighted by Crippen LogP contribution is 2.22. The van der Waals surface area contributed by atoms with Crippen molar-refractivity contribution in [2.24, 2.45) is 0 Å². The number of ether oxygens (including phenoxy) is 1. The van der Waals surface area contributed by atoms with Crippen LogP contribution in [0.2, 0.25) is 0 Å². The molecule has 2 aromatic heterocycles. The van der Waals surface area contributed by atoms with Crippen molar-refractivity contribution in [1.82, 2.24) is 14.8 Å². The number of aryl methyl sites for hydroxylation is 2. The van der Waals surface area contributed by atoms with Crippen molar-refractivity contribution in [3.63, 3.8) is 0 Å². The number of rotatable bonds is 7. The zero-order chi connectivity index (χ0) is 19.4. The fourth-order valence-electron chi connectivity index (χ4n) is 2.28. The lowest BCUT2D eigenvalue weighted by atomic mass is 10.1. The maximum Gasteiger partial charge on any atom is 0.328 e. The van der Waals surface area contributed by atoms with Crippen LogP contribution in [0.3, 0.4) is 0 Å². The van der Waals surface area contributed by atoms with Crippen LogP contribution in [0.25, 0.3) is 0 Å². The Morgan fingerprint density at radius 2 is 2.15 bits per heavy atom. The smallest absolute Gasteiger partial charge is 0.328 e. The van der Waals surface area contributed by atoms with Crippen LogP contribution in [-0.4, -0.2) is 38.0 Å². The second-order valence-electron chi connectivity index (χ2n) is 5.45. The number of esters is 1. The van der Waals surface area contributed by atoms with Crippen molar-refractivity contribution in [3.8, 4) is 6.07 Å². The summed E-state index contributed by atoms with van der Waals surface area (Å²) in [6.07, 6.45) is 0. The summed E-state index contributed by atoms with van der Waals surface area (Å²) in [7, 11) is 0. The standard InChI is InChI=1S/C15H15N5O5S/c1-8-7-26-15(17-8)11(4-16)12(21)6-25-13(22)5-19-10(3)14(20(23)24)9(2)18-19/h7,11H,5-6H2,1-3H3/t11-/m0/s1. The zero-order valence-corrected chi connectivity index (χ0v) is 15.1. The third-order valence-electron chi connectivity index (χ3n) is 3.51. The number of Topliss-reactive ketones (excluding diaryl/α,β-unsaturated/α-hetero) is 1. The summed E-state index contributed by atoms with van der Waals surface area (Å²) in [5, 5.41) is 26.1. The molecule has 0 bridgehead atoms. The second kappa shape index (κ2) is 7.83. The predicted octanol–water partition coefficient (Wildman–Crippen LogP) is 1.59. The van der Waals surface area contributed by atoms with Crippen molar-refractivity contribution in [2.45, 2.75) is 33.2 Å². The Balaban J connectivity index is 1.99. The quantitative estimate of drug-likeness (QED) is 0.402. The Hall–Kier alpha value is -3.13. The van der Waals surface area contributed by atoms with E-state index in [2.05, 4.69) is 10.1 Å². The average molecular weight is 377 g/mol. The first-order valence-corrected chi connectivity index (χ1v) is 8.31. The van der Waals surface area contributed by atoms with Crippen molar-refractivity contribution >= 4 is 28.8 Å². The molecule has 0 aromatic carbocycles. The van der Waals surface area contributed by atoms with Crippen LogP contribution in [0, 0.1) is 42.2 Å². The van der Waals surface area contributed by atoms with E-state index in [1.807, 2.05) is 6.07 Å². The van der Waals surface area contributed by atoms with Crippen LogP contribution in [0.1, 0.15) is 28.0 Å². The molecule has 0 aliphatic heterocycles. The number of nitro groups is 1.